The first-order valence-electron chi connectivity index (χ1n) is 12.8. The molecule has 1 aromatic heterocycles. The summed E-state index contributed by atoms with van der Waals surface area (Å²) in [6, 6.07) is 9.11. The van der Waals surface area contributed by atoms with Gasteiger partial charge in [-0.25, -0.2) is 9.59 Å². The number of hydrogen-bond acceptors (Lipinski definition) is 6. The quantitative estimate of drug-likeness (QED) is 0.279. The van der Waals surface area contributed by atoms with Crippen LogP contribution in [0.25, 0.3) is 5.70 Å². The Kier molecular flexibility index (Phi) is 9.08. The molecule has 2 aliphatic rings. The van der Waals surface area contributed by atoms with Gasteiger partial charge in [-0.1, -0.05) is 38.6 Å². The Morgan fingerprint density at radius 1 is 1.14 bits per heavy atom. The molecule has 2 unspecified atom stereocenters. The first-order chi connectivity index (χ1) is 17.7. The maximum atomic E-state index is 13.0. The summed E-state index contributed by atoms with van der Waals surface area (Å²) in [6.45, 7) is 18.0. The second kappa shape index (κ2) is 12.0. The van der Waals surface area contributed by atoms with Gasteiger partial charge in [-0.15, -0.1) is 0 Å². The Labute approximate surface area is 219 Å². The molecule has 1 aliphatic heterocycles. The van der Waals surface area contributed by atoms with Crippen LogP contribution in [0.5, 0.6) is 5.75 Å². The number of likely N-dealkylation sites (tertiary alicyclic amines) is 1. The summed E-state index contributed by atoms with van der Waals surface area (Å²) in [4.78, 5) is 31.1. The number of esters is 1. The van der Waals surface area contributed by atoms with Crippen LogP contribution in [-0.2, 0) is 4.74 Å². The normalized spacial score (nSPS) is 20.9. The van der Waals surface area contributed by atoms with Crippen molar-refractivity contribution in [1.82, 2.24) is 14.7 Å². The van der Waals surface area contributed by atoms with Crippen LogP contribution >= 0.6 is 0 Å². The molecule has 198 valence electrons. The van der Waals surface area contributed by atoms with Crippen molar-refractivity contribution in [2.45, 2.75) is 59.2 Å². The Hall–Kier alpha value is -3.68. The second-order valence-electron chi connectivity index (χ2n) is 10.0. The van der Waals surface area contributed by atoms with E-state index in [9.17, 15) is 9.59 Å². The standard InChI is InChI=1S/C27H32N4O4.C2H6/c1-6-8-23(28-5)18-9-7-10-21(13-18)34-22-14-19-16-30(17-20(19)15-22)26(33)31-12-11-24(29-31)25(32)35-27(2,3)4;1-2/h6-13,19-20,22H,1,5,14-17H2,2-4H3;1-2H3/b23-8-;. The fourth-order valence-corrected chi connectivity index (χ4v) is 4.78. The molecule has 2 aromatic rings. The third-order valence-electron chi connectivity index (χ3n) is 6.25. The molecule has 2 atom stereocenters. The molecular formula is C29H38N4O4. The monoisotopic (exact) mass is 506 g/mol. The lowest BCUT2D eigenvalue weighted by atomic mass is 10.0. The number of rotatable bonds is 6. The molecule has 37 heavy (non-hydrogen) atoms. The summed E-state index contributed by atoms with van der Waals surface area (Å²) in [6.07, 6.45) is 6.88. The molecule has 1 aromatic carbocycles. The van der Waals surface area contributed by atoms with Crippen LogP contribution in [0.15, 0.2) is 60.3 Å². The van der Waals surface area contributed by atoms with E-state index in [2.05, 4.69) is 23.4 Å². The number of amides is 1. The fraction of sp³-hybridized carbons (Fsp3) is 0.448. The average Bonchev–Trinajstić information content (AvgIpc) is 3.58. The van der Waals surface area contributed by atoms with Gasteiger partial charge < -0.3 is 14.4 Å². The summed E-state index contributed by atoms with van der Waals surface area (Å²) in [5, 5.41) is 4.15. The molecule has 1 aliphatic carbocycles. The van der Waals surface area contributed by atoms with Crippen LogP contribution in [0, 0.1) is 11.8 Å². The number of fused-ring (bicyclic) bond motifs is 1. The molecule has 8 nitrogen and oxygen atoms in total. The van der Waals surface area contributed by atoms with Crippen molar-refractivity contribution in [3.8, 4) is 5.75 Å². The van der Waals surface area contributed by atoms with E-state index in [1.54, 1.807) is 31.7 Å². The molecule has 2 fully saturated rings. The van der Waals surface area contributed by atoms with Gasteiger partial charge in [-0.05, 0) is 76.4 Å². The number of carbonyl (C=O) groups excluding carboxylic acids is 2. The summed E-state index contributed by atoms with van der Waals surface area (Å²) in [5.74, 6) is 1.01. The van der Waals surface area contributed by atoms with E-state index in [1.807, 2.05) is 44.2 Å². The molecule has 0 radical (unpaired) electrons. The summed E-state index contributed by atoms with van der Waals surface area (Å²) >= 11 is 0. The van der Waals surface area contributed by atoms with Crippen molar-refractivity contribution < 1.29 is 19.1 Å². The van der Waals surface area contributed by atoms with E-state index < -0.39 is 11.6 Å². The fourth-order valence-electron chi connectivity index (χ4n) is 4.78. The van der Waals surface area contributed by atoms with Crippen molar-refractivity contribution in [2.75, 3.05) is 13.1 Å². The topological polar surface area (TPSA) is 86.0 Å². The lowest BCUT2D eigenvalue weighted by Gasteiger charge is -2.20. The zero-order valence-electron chi connectivity index (χ0n) is 22.5. The third-order valence-corrected chi connectivity index (χ3v) is 6.25. The number of allylic oxidation sites excluding steroid dienone is 2. The van der Waals surface area contributed by atoms with Crippen LogP contribution in [0.4, 0.5) is 4.79 Å². The van der Waals surface area contributed by atoms with Crippen LogP contribution in [0.2, 0.25) is 0 Å². The van der Waals surface area contributed by atoms with Gasteiger partial charge in [-0.2, -0.15) is 9.78 Å². The van der Waals surface area contributed by atoms with Gasteiger partial charge in [0.15, 0.2) is 5.69 Å². The zero-order chi connectivity index (χ0) is 27.2. The number of aliphatic imine (C=N–C) groups is 1. The minimum atomic E-state index is -0.621. The highest BCUT2D eigenvalue weighted by molar-refractivity contribution is 5.88. The van der Waals surface area contributed by atoms with E-state index in [4.69, 9.17) is 9.47 Å². The minimum Gasteiger partial charge on any atom is -0.490 e. The number of nitrogens with zero attached hydrogens (tertiary/aromatic N) is 4. The summed E-state index contributed by atoms with van der Waals surface area (Å²) in [5.41, 5.74) is 1.18. The van der Waals surface area contributed by atoms with Gasteiger partial charge in [0.25, 0.3) is 0 Å². The minimum absolute atomic E-state index is 0.101. The second-order valence-corrected chi connectivity index (χ2v) is 10.0. The Balaban J connectivity index is 0.00000186. The third kappa shape index (κ3) is 6.96. The van der Waals surface area contributed by atoms with Gasteiger partial charge in [0.05, 0.1) is 11.8 Å². The predicted molar refractivity (Wildman–Crippen MR) is 146 cm³/mol. The number of hydrogen-bond donors (Lipinski definition) is 0. The average molecular weight is 507 g/mol. The van der Waals surface area contributed by atoms with Crippen molar-refractivity contribution in [1.29, 1.82) is 0 Å². The molecule has 1 saturated heterocycles. The summed E-state index contributed by atoms with van der Waals surface area (Å²) < 4.78 is 12.8. The van der Waals surface area contributed by atoms with Gasteiger partial charge in [0.2, 0.25) is 0 Å². The zero-order valence-corrected chi connectivity index (χ0v) is 22.5. The predicted octanol–water partition coefficient (Wildman–Crippen LogP) is 5.85. The lowest BCUT2D eigenvalue weighted by Crippen LogP contribution is -2.35. The van der Waals surface area contributed by atoms with Crippen molar-refractivity contribution >= 4 is 24.4 Å². The smallest absolute Gasteiger partial charge is 0.359 e. The van der Waals surface area contributed by atoms with Gasteiger partial charge in [0, 0.05) is 24.8 Å². The highest BCUT2D eigenvalue weighted by Crippen LogP contribution is 2.40. The van der Waals surface area contributed by atoms with Crippen LogP contribution in [0.3, 0.4) is 0 Å². The van der Waals surface area contributed by atoms with Gasteiger partial charge >= 0.3 is 12.0 Å². The van der Waals surface area contributed by atoms with Crippen LogP contribution < -0.4 is 4.74 Å². The largest absolute Gasteiger partial charge is 0.490 e. The number of benzene rings is 1. The number of ether oxygens (including phenoxy) is 2. The van der Waals surface area contributed by atoms with E-state index >= 15 is 0 Å². The molecule has 0 N–H and O–H groups in total. The van der Waals surface area contributed by atoms with E-state index in [0.717, 1.165) is 29.9 Å². The Bertz CT molecular complexity index is 1150. The SMILES string of the molecule is C=C/C=C(\N=C)c1cccc(OC2CC3CN(C(=O)n4ccc(C(=O)OC(C)(C)C)n4)CC3C2)c1.CC. The van der Waals surface area contributed by atoms with E-state index in [0.29, 0.717) is 24.9 Å². The maximum absolute atomic E-state index is 13.0. The lowest BCUT2D eigenvalue weighted by molar-refractivity contribution is 0.00623. The Morgan fingerprint density at radius 2 is 1.81 bits per heavy atom. The molecule has 2 heterocycles. The van der Waals surface area contributed by atoms with Gasteiger partial charge in [0.1, 0.15) is 11.4 Å². The van der Waals surface area contributed by atoms with Crippen molar-refractivity contribution in [2.24, 2.45) is 16.8 Å². The highest BCUT2D eigenvalue weighted by atomic mass is 16.6. The number of carbonyl (C=O) groups is 2. The summed E-state index contributed by atoms with van der Waals surface area (Å²) in [7, 11) is 0. The first kappa shape index (κ1) is 27.9. The van der Waals surface area contributed by atoms with E-state index in [-0.39, 0.29) is 17.8 Å². The maximum Gasteiger partial charge on any atom is 0.359 e. The number of aromatic nitrogens is 2. The van der Waals surface area contributed by atoms with Crippen molar-refractivity contribution in [3.63, 3.8) is 0 Å². The molecular weight excluding hydrogens is 468 g/mol. The van der Waals surface area contributed by atoms with Gasteiger partial charge in [-0.3, -0.25) is 4.99 Å². The molecule has 1 amide bonds. The molecule has 0 bridgehead atoms. The van der Waals surface area contributed by atoms with Crippen LogP contribution in [0.1, 0.15) is 63.5 Å². The van der Waals surface area contributed by atoms with Crippen LogP contribution in [-0.4, -0.2) is 58.2 Å². The highest BCUT2D eigenvalue weighted by Gasteiger charge is 2.43. The Morgan fingerprint density at radius 3 is 2.41 bits per heavy atom. The molecule has 8 heteroatoms. The molecule has 0 spiro atoms. The molecule has 1 saturated carbocycles. The van der Waals surface area contributed by atoms with Crippen molar-refractivity contribution in [3.05, 3.63) is 66.5 Å². The van der Waals surface area contributed by atoms with E-state index in [1.165, 1.54) is 16.9 Å². The molecule has 4 rings (SSSR count). The first-order valence-corrected chi connectivity index (χ1v) is 12.8.